The van der Waals surface area contributed by atoms with Gasteiger partial charge in [-0.3, -0.25) is 9.59 Å². The van der Waals surface area contributed by atoms with E-state index in [9.17, 15) is 14.4 Å². The number of carboxylic acids is 1. The Morgan fingerprint density at radius 2 is 1.94 bits per heavy atom. The number of carbonyl (C=O) groups excluding carboxylic acids is 2. The van der Waals surface area contributed by atoms with Crippen LogP contribution in [0.25, 0.3) is 0 Å². The molecule has 1 unspecified atom stereocenters. The Labute approximate surface area is 99.5 Å². The highest BCUT2D eigenvalue weighted by Crippen LogP contribution is 2.00. The van der Waals surface area contributed by atoms with E-state index in [1.165, 1.54) is 0 Å². The lowest BCUT2D eigenvalue weighted by Crippen LogP contribution is -2.49. The second kappa shape index (κ2) is 7.61. The Bertz CT molecular complexity index is 293. The van der Waals surface area contributed by atoms with Crippen molar-refractivity contribution in [3.63, 3.8) is 0 Å². The van der Waals surface area contributed by atoms with Crippen molar-refractivity contribution in [1.82, 2.24) is 5.32 Å². The van der Waals surface area contributed by atoms with Crippen LogP contribution in [0.1, 0.15) is 32.6 Å². The number of carboxylic acid groups (broad SMARTS) is 1. The van der Waals surface area contributed by atoms with E-state index >= 15 is 0 Å². The smallest absolute Gasteiger partial charge is 0.326 e. The van der Waals surface area contributed by atoms with Gasteiger partial charge in [-0.05, 0) is 6.42 Å². The van der Waals surface area contributed by atoms with E-state index < -0.39 is 36.3 Å². The lowest BCUT2D eigenvalue weighted by atomic mass is 10.1. The molecular weight excluding hydrogens is 226 g/mol. The molecule has 0 bridgehead atoms. The molecule has 0 aromatic heterocycles. The van der Waals surface area contributed by atoms with Crippen LogP contribution in [0.5, 0.6) is 0 Å². The number of rotatable bonds is 8. The molecule has 0 fully saturated rings. The van der Waals surface area contributed by atoms with Crippen LogP contribution in [0.3, 0.4) is 0 Å². The summed E-state index contributed by atoms with van der Waals surface area (Å²) >= 11 is 0. The third kappa shape index (κ3) is 6.52. The van der Waals surface area contributed by atoms with Crippen LogP contribution in [-0.2, 0) is 14.4 Å². The van der Waals surface area contributed by atoms with Crippen LogP contribution >= 0.6 is 0 Å². The highest BCUT2D eigenvalue weighted by Gasteiger charge is 2.24. The number of carbonyl (C=O) groups is 3. The molecule has 0 aliphatic heterocycles. The summed E-state index contributed by atoms with van der Waals surface area (Å²) in [7, 11) is 0. The number of hydrogen-bond donors (Lipinski definition) is 4. The zero-order valence-corrected chi connectivity index (χ0v) is 9.81. The predicted molar refractivity (Wildman–Crippen MR) is 60.9 cm³/mol. The lowest BCUT2D eigenvalue weighted by molar-refractivity contribution is -0.143. The predicted octanol–water partition coefficient (Wildman–Crippen LogP) is -1.05. The SMILES string of the molecule is CCCCC(N)C(=O)N[C@@H](CC(N)=O)C(=O)O. The van der Waals surface area contributed by atoms with Gasteiger partial charge in [-0.2, -0.15) is 0 Å². The highest BCUT2D eigenvalue weighted by atomic mass is 16.4. The van der Waals surface area contributed by atoms with Gasteiger partial charge in [0.25, 0.3) is 0 Å². The quantitative estimate of drug-likeness (QED) is 0.432. The minimum absolute atomic E-state index is 0.443. The van der Waals surface area contributed by atoms with Crippen molar-refractivity contribution in [2.24, 2.45) is 11.5 Å². The summed E-state index contributed by atoms with van der Waals surface area (Å²) in [4.78, 5) is 32.9. The number of nitrogens with one attached hydrogen (secondary N) is 1. The van der Waals surface area contributed by atoms with E-state index in [0.717, 1.165) is 12.8 Å². The van der Waals surface area contributed by atoms with Crippen molar-refractivity contribution in [2.45, 2.75) is 44.7 Å². The Morgan fingerprint density at radius 1 is 1.35 bits per heavy atom. The molecule has 7 heteroatoms. The fraction of sp³-hybridized carbons (Fsp3) is 0.700. The zero-order valence-electron chi connectivity index (χ0n) is 9.81. The maximum Gasteiger partial charge on any atom is 0.326 e. The van der Waals surface area contributed by atoms with E-state index in [2.05, 4.69) is 5.32 Å². The number of hydrogen-bond acceptors (Lipinski definition) is 4. The van der Waals surface area contributed by atoms with Gasteiger partial charge in [0.2, 0.25) is 11.8 Å². The van der Waals surface area contributed by atoms with Crippen LogP contribution in [0.4, 0.5) is 0 Å². The van der Waals surface area contributed by atoms with Gasteiger partial charge in [0, 0.05) is 0 Å². The van der Waals surface area contributed by atoms with Gasteiger partial charge in [-0.1, -0.05) is 19.8 Å². The number of nitrogens with two attached hydrogens (primary N) is 2. The van der Waals surface area contributed by atoms with Crippen molar-refractivity contribution in [1.29, 1.82) is 0 Å². The molecule has 0 radical (unpaired) electrons. The molecule has 2 atom stereocenters. The summed E-state index contributed by atoms with van der Waals surface area (Å²) < 4.78 is 0. The topological polar surface area (TPSA) is 136 Å². The van der Waals surface area contributed by atoms with Crippen LogP contribution in [-0.4, -0.2) is 35.0 Å². The number of primary amides is 1. The zero-order chi connectivity index (χ0) is 13.4. The maximum absolute atomic E-state index is 11.5. The summed E-state index contributed by atoms with van der Waals surface area (Å²) in [6, 6.07) is -2.07. The fourth-order valence-electron chi connectivity index (χ4n) is 1.24. The average Bonchev–Trinajstić information content (AvgIpc) is 2.23. The summed E-state index contributed by atoms with van der Waals surface area (Å²) in [5.41, 5.74) is 10.4. The van der Waals surface area contributed by atoms with Gasteiger partial charge in [-0.25, -0.2) is 4.79 Å². The van der Waals surface area contributed by atoms with Crippen LogP contribution in [0.15, 0.2) is 0 Å². The number of aliphatic carboxylic acids is 1. The highest BCUT2D eigenvalue weighted by molar-refractivity contribution is 5.89. The molecule has 0 aliphatic carbocycles. The lowest BCUT2D eigenvalue weighted by Gasteiger charge is -2.16. The Morgan fingerprint density at radius 3 is 2.35 bits per heavy atom. The first-order valence-electron chi connectivity index (χ1n) is 5.45. The van der Waals surface area contributed by atoms with Crippen molar-refractivity contribution in [3.8, 4) is 0 Å². The first kappa shape index (κ1) is 15.4. The average molecular weight is 245 g/mol. The summed E-state index contributed by atoms with van der Waals surface area (Å²) in [6.45, 7) is 1.96. The van der Waals surface area contributed by atoms with Crippen LogP contribution in [0, 0.1) is 0 Å². The molecule has 0 aromatic rings. The monoisotopic (exact) mass is 245 g/mol. The fourth-order valence-corrected chi connectivity index (χ4v) is 1.24. The van der Waals surface area contributed by atoms with E-state index in [0.29, 0.717) is 6.42 Å². The number of amides is 2. The second-order valence-corrected chi connectivity index (χ2v) is 3.82. The van der Waals surface area contributed by atoms with E-state index in [-0.39, 0.29) is 0 Å². The van der Waals surface area contributed by atoms with E-state index in [4.69, 9.17) is 16.6 Å². The van der Waals surface area contributed by atoms with Crippen LogP contribution < -0.4 is 16.8 Å². The number of unbranched alkanes of at least 4 members (excludes halogenated alkanes) is 1. The minimum Gasteiger partial charge on any atom is -0.480 e. The van der Waals surface area contributed by atoms with Gasteiger partial charge < -0.3 is 21.9 Å². The van der Waals surface area contributed by atoms with Gasteiger partial charge in [-0.15, -0.1) is 0 Å². The minimum atomic E-state index is -1.31. The van der Waals surface area contributed by atoms with Gasteiger partial charge in [0.05, 0.1) is 12.5 Å². The molecule has 0 aromatic carbocycles. The summed E-state index contributed by atoms with van der Waals surface area (Å²) in [6.07, 6.45) is 1.71. The Kier molecular flexibility index (Phi) is 6.88. The van der Waals surface area contributed by atoms with Crippen LogP contribution in [0.2, 0.25) is 0 Å². The standard InChI is InChI=1S/C10H19N3O4/c1-2-3-4-6(11)9(15)13-7(10(16)17)5-8(12)14/h6-7H,2-5,11H2,1H3,(H2,12,14)(H,13,15)(H,16,17)/t6?,7-/m0/s1. The molecule has 17 heavy (non-hydrogen) atoms. The molecular formula is C10H19N3O4. The first-order chi connectivity index (χ1) is 7.88. The Balaban J connectivity index is 4.29. The molecule has 98 valence electrons. The normalized spacial score (nSPS) is 13.8. The van der Waals surface area contributed by atoms with E-state index in [1.54, 1.807) is 0 Å². The largest absolute Gasteiger partial charge is 0.480 e. The first-order valence-corrected chi connectivity index (χ1v) is 5.45. The maximum atomic E-state index is 11.5. The molecule has 0 heterocycles. The molecule has 2 amide bonds. The van der Waals surface area contributed by atoms with Gasteiger partial charge in [0.15, 0.2) is 0 Å². The second-order valence-electron chi connectivity index (χ2n) is 3.82. The van der Waals surface area contributed by atoms with Crippen molar-refractivity contribution in [3.05, 3.63) is 0 Å². The van der Waals surface area contributed by atoms with Crippen molar-refractivity contribution >= 4 is 17.8 Å². The Hall–Kier alpha value is -1.63. The molecule has 6 N–H and O–H groups in total. The third-order valence-corrected chi connectivity index (χ3v) is 2.23. The van der Waals surface area contributed by atoms with Crippen molar-refractivity contribution < 1.29 is 19.5 Å². The molecule has 0 rings (SSSR count). The molecule has 7 nitrogen and oxygen atoms in total. The molecule has 0 spiro atoms. The summed E-state index contributed by atoms with van der Waals surface area (Å²) in [5, 5.41) is 11.0. The van der Waals surface area contributed by atoms with Gasteiger partial charge >= 0.3 is 5.97 Å². The summed E-state index contributed by atoms with van der Waals surface area (Å²) in [5.74, 6) is -2.67. The van der Waals surface area contributed by atoms with E-state index in [1.807, 2.05) is 6.92 Å². The molecule has 0 saturated heterocycles. The van der Waals surface area contributed by atoms with Crippen molar-refractivity contribution in [2.75, 3.05) is 0 Å². The molecule has 0 aliphatic rings. The third-order valence-electron chi connectivity index (χ3n) is 2.23. The molecule has 0 saturated carbocycles. The van der Waals surface area contributed by atoms with Gasteiger partial charge in [0.1, 0.15) is 6.04 Å².